The van der Waals surface area contributed by atoms with Crippen molar-refractivity contribution in [2.24, 2.45) is 0 Å². The van der Waals surface area contributed by atoms with E-state index < -0.39 is 0 Å². The molecule has 1 aliphatic heterocycles. The summed E-state index contributed by atoms with van der Waals surface area (Å²) in [6.45, 7) is 1.91. The minimum absolute atomic E-state index is 0.166. The molecule has 3 aromatic rings. The fourth-order valence-corrected chi connectivity index (χ4v) is 3.93. The first-order valence-electron chi connectivity index (χ1n) is 9.50. The molecule has 1 N–H and O–H groups in total. The van der Waals surface area contributed by atoms with Gasteiger partial charge in [-0.3, -0.25) is 4.79 Å². The van der Waals surface area contributed by atoms with Crippen LogP contribution in [-0.4, -0.2) is 19.3 Å². The van der Waals surface area contributed by atoms with E-state index in [1.807, 2.05) is 19.1 Å². The van der Waals surface area contributed by atoms with Gasteiger partial charge in [-0.15, -0.1) is 0 Å². The number of hydrogen-bond donors (Lipinski definition) is 1. The standard InChI is InChI=1S/C22H19NO6/c1-12-7-18(21-14-3-2-4-15(14)22(25)29-19(21)8-12)26-10-20(24)23-13-5-6-16-17(9-13)28-11-27-16/h5-9H,2-4,10-11H2,1H3,(H,23,24). The second kappa shape index (κ2) is 6.84. The number of anilines is 1. The molecule has 0 spiro atoms. The molecule has 1 amide bonds. The van der Waals surface area contributed by atoms with E-state index in [0.717, 1.165) is 34.9 Å². The van der Waals surface area contributed by atoms with E-state index in [0.29, 0.717) is 34.9 Å². The SMILES string of the molecule is Cc1cc(OCC(=O)Nc2ccc3c(c2)OCO3)c2c3c(c(=O)oc2c1)CCC3. The molecule has 0 radical (unpaired) electrons. The highest BCUT2D eigenvalue weighted by Gasteiger charge is 2.23. The van der Waals surface area contributed by atoms with Crippen LogP contribution >= 0.6 is 0 Å². The third-order valence-corrected chi connectivity index (χ3v) is 5.19. The molecule has 0 atom stereocenters. The van der Waals surface area contributed by atoms with Crippen LogP contribution in [0.1, 0.15) is 23.1 Å². The van der Waals surface area contributed by atoms with E-state index in [-0.39, 0.29) is 24.9 Å². The Hall–Kier alpha value is -3.48. The van der Waals surface area contributed by atoms with Gasteiger partial charge in [0.05, 0.1) is 5.39 Å². The zero-order valence-corrected chi connectivity index (χ0v) is 15.9. The third-order valence-electron chi connectivity index (χ3n) is 5.19. The van der Waals surface area contributed by atoms with E-state index in [2.05, 4.69) is 5.32 Å². The van der Waals surface area contributed by atoms with Crippen LogP contribution in [0.25, 0.3) is 11.0 Å². The fraction of sp³-hybridized carbons (Fsp3) is 0.273. The van der Waals surface area contributed by atoms with Crippen molar-refractivity contribution < 1.29 is 23.4 Å². The summed E-state index contributed by atoms with van der Waals surface area (Å²) in [5, 5.41) is 3.58. The quantitative estimate of drug-likeness (QED) is 0.684. The lowest BCUT2D eigenvalue weighted by molar-refractivity contribution is -0.118. The van der Waals surface area contributed by atoms with Gasteiger partial charge in [0, 0.05) is 17.3 Å². The number of carbonyl (C=O) groups excluding carboxylic acids is 1. The van der Waals surface area contributed by atoms with Gasteiger partial charge in [-0.1, -0.05) is 0 Å². The van der Waals surface area contributed by atoms with Gasteiger partial charge in [0.2, 0.25) is 6.79 Å². The molecule has 7 nitrogen and oxygen atoms in total. The first-order valence-corrected chi connectivity index (χ1v) is 9.50. The number of carbonyl (C=O) groups is 1. The highest BCUT2D eigenvalue weighted by atomic mass is 16.7. The molecule has 148 valence electrons. The Kier molecular flexibility index (Phi) is 4.16. The molecule has 5 rings (SSSR count). The van der Waals surface area contributed by atoms with Crippen molar-refractivity contribution in [1.29, 1.82) is 0 Å². The Morgan fingerprint density at radius 3 is 2.83 bits per heavy atom. The molecule has 0 saturated carbocycles. The van der Waals surface area contributed by atoms with Crippen LogP contribution in [0.2, 0.25) is 0 Å². The summed E-state index contributed by atoms with van der Waals surface area (Å²) in [7, 11) is 0. The average molecular weight is 393 g/mol. The number of fused-ring (bicyclic) bond motifs is 4. The average Bonchev–Trinajstić information content (AvgIpc) is 3.35. The lowest BCUT2D eigenvalue weighted by Crippen LogP contribution is -2.20. The van der Waals surface area contributed by atoms with Crippen LogP contribution in [0.4, 0.5) is 5.69 Å². The molecule has 0 fully saturated rings. The normalized spacial score (nSPS) is 14.1. The zero-order valence-electron chi connectivity index (χ0n) is 15.9. The lowest BCUT2D eigenvalue weighted by atomic mass is 10.0. The van der Waals surface area contributed by atoms with Crippen molar-refractivity contribution in [2.75, 3.05) is 18.7 Å². The number of aryl methyl sites for hydroxylation is 2. The molecule has 2 aliphatic rings. The Bertz CT molecular complexity index is 1200. The zero-order chi connectivity index (χ0) is 20.0. The first-order chi connectivity index (χ1) is 14.1. The fourth-order valence-electron chi connectivity index (χ4n) is 3.93. The highest BCUT2D eigenvalue weighted by Crippen LogP contribution is 2.36. The van der Waals surface area contributed by atoms with E-state index in [9.17, 15) is 9.59 Å². The topological polar surface area (TPSA) is 87.0 Å². The summed E-state index contributed by atoms with van der Waals surface area (Å²) in [6.07, 6.45) is 2.43. The van der Waals surface area contributed by atoms with Gasteiger partial charge in [-0.25, -0.2) is 4.79 Å². The number of benzene rings is 2. The van der Waals surface area contributed by atoms with Crippen LogP contribution in [0, 0.1) is 6.92 Å². The number of amides is 1. The predicted molar refractivity (Wildman–Crippen MR) is 106 cm³/mol. The van der Waals surface area contributed by atoms with Crippen LogP contribution in [0.3, 0.4) is 0 Å². The van der Waals surface area contributed by atoms with Crippen molar-refractivity contribution >= 4 is 22.6 Å². The number of rotatable bonds is 4. The Balaban J connectivity index is 1.38. The minimum atomic E-state index is -0.299. The van der Waals surface area contributed by atoms with Gasteiger partial charge >= 0.3 is 5.63 Å². The smallest absolute Gasteiger partial charge is 0.339 e. The van der Waals surface area contributed by atoms with Crippen molar-refractivity contribution in [3.8, 4) is 17.2 Å². The van der Waals surface area contributed by atoms with Crippen molar-refractivity contribution in [3.05, 3.63) is 57.4 Å². The minimum Gasteiger partial charge on any atom is -0.483 e. The first kappa shape index (κ1) is 17.6. The molecule has 0 unspecified atom stereocenters. The molecule has 0 bridgehead atoms. The maximum atomic E-state index is 12.4. The van der Waals surface area contributed by atoms with Crippen LogP contribution in [-0.2, 0) is 17.6 Å². The molecule has 0 saturated heterocycles. The molecule has 2 aromatic carbocycles. The summed E-state index contributed by atoms with van der Waals surface area (Å²) in [5.41, 5.74) is 3.41. The maximum Gasteiger partial charge on any atom is 0.339 e. The Morgan fingerprint density at radius 2 is 1.93 bits per heavy atom. The van der Waals surface area contributed by atoms with Gasteiger partial charge in [0.25, 0.3) is 5.91 Å². The summed E-state index contributed by atoms with van der Waals surface area (Å²) in [6, 6.07) is 8.90. The third kappa shape index (κ3) is 3.18. The van der Waals surface area contributed by atoms with Crippen molar-refractivity contribution in [1.82, 2.24) is 0 Å². The van der Waals surface area contributed by atoms with Crippen molar-refractivity contribution in [3.63, 3.8) is 0 Å². The molecule has 1 aliphatic carbocycles. The maximum absolute atomic E-state index is 12.4. The summed E-state index contributed by atoms with van der Waals surface area (Å²) < 4.78 is 22.0. The lowest BCUT2D eigenvalue weighted by Gasteiger charge is -2.13. The molecular formula is C22H19NO6. The van der Waals surface area contributed by atoms with E-state index in [1.54, 1.807) is 18.2 Å². The summed E-state index contributed by atoms with van der Waals surface area (Å²) >= 11 is 0. The number of nitrogens with one attached hydrogen (secondary N) is 1. The highest BCUT2D eigenvalue weighted by molar-refractivity contribution is 5.93. The van der Waals surface area contributed by atoms with Crippen LogP contribution in [0.15, 0.2) is 39.5 Å². The Morgan fingerprint density at radius 1 is 1.10 bits per heavy atom. The van der Waals surface area contributed by atoms with E-state index in [1.165, 1.54) is 0 Å². The molecule has 2 heterocycles. The van der Waals surface area contributed by atoms with Gasteiger partial charge < -0.3 is 23.9 Å². The molecule has 7 heteroatoms. The van der Waals surface area contributed by atoms with Crippen molar-refractivity contribution in [2.45, 2.75) is 26.2 Å². The van der Waals surface area contributed by atoms with Gasteiger partial charge in [-0.05, 0) is 61.6 Å². The van der Waals surface area contributed by atoms with Gasteiger partial charge in [-0.2, -0.15) is 0 Å². The van der Waals surface area contributed by atoms with E-state index >= 15 is 0 Å². The monoisotopic (exact) mass is 393 g/mol. The molecule has 29 heavy (non-hydrogen) atoms. The van der Waals surface area contributed by atoms with Gasteiger partial charge in [0.1, 0.15) is 11.3 Å². The molecular weight excluding hydrogens is 374 g/mol. The van der Waals surface area contributed by atoms with E-state index in [4.69, 9.17) is 18.6 Å². The number of hydrogen-bond acceptors (Lipinski definition) is 6. The molecule has 1 aromatic heterocycles. The largest absolute Gasteiger partial charge is 0.483 e. The second-order valence-corrected chi connectivity index (χ2v) is 7.24. The van der Waals surface area contributed by atoms with Gasteiger partial charge in [0.15, 0.2) is 18.1 Å². The second-order valence-electron chi connectivity index (χ2n) is 7.24. The van der Waals surface area contributed by atoms with Crippen LogP contribution in [0.5, 0.6) is 17.2 Å². The number of ether oxygens (including phenoxy) is 3. The Labute approximate surface area is 166 Å². The summed E-state index contributed by atoms with van der Waals surface area (Å²) in [4.78, 5) is 24.6. The summed E-state index contributed by atoms with van der Waals surface area (Å²) in [5.74, 6) is 1.51. The van der Waals surface area contributed by atoms with Crippen LogP contribution < -0.4 is 25.2 Å². The predicted octanol–water partition coefficient (Wildman–Crippen LogP) is 3.34.